The van der Waals surface area contributed by atoms with Gasteiger partial charge >= 0.3 is 0 Å². The second-order valence-electron chi connectivity index (χ2n) is 10.2. The molecule has 2 aromatic heterocycles. The number of aliphatic hydroxyl groups is 1. The van der Waals surface area contributed by atoms with Gasteiger partial charge in [-0.3, -0.25) is 4.79 Å². The van der Waals surface area contributed by atoms with Crippen molar-refractivity contribution >= 4 is 29.2 Å². The minimum Gasteiger partial charge on any atom is -0.384 e. The summed E-state index contributed by atoms with van der Waals surface area (Å²) in [5, 5.41) is 18.1. The normalized spacial score (nSPS) is 17.2. The molecule has 1 saturated carbocycles. The second-order valence-corrected chi connectivity index (χ2v) is 10.2. The summed E-state index contributed by atoms with van der Waals surface area (Å²) >= 11 is 0. The van der Waals surface area contributed by atoms with E-state index in [1.165, 1.54) is 24.6 Å². The van der Waals surface area contributed by atoms with Gasteiger partial charge < -0.3 is 20.6 Å². The molecule has 1 aromatic carbocycles. The molecule has 0 bridgehead atoms. The van der Waals surface area contributed by atoms with Crippen LogP contribution >= 0.6 is 0 Å². The van der Waals surface area contributed by atoms with E-state index in [1.807, 2.05) is 18.2 Å². The fourth-order valence-corrected chi connectivity index (χ4v) is 4.26. The van der Waals surface area contributed by atoms with Gasteiger partial charge in [-0.15, -0.1) is 6.58 Å². The Morgan fingerprint density at radius 3 is 2.57 bits per heavy atom. The van der Waals surface area contributed by atoms with Crippen molar-refractivity contribution in [1.29, 1.82) is 0 Å². The Kier molecular flexibility index (Phi) is 7.97. The molecular weight excluding hydrogens is 466 g/mol. The van der Waals surface area contributed by atoms with E-state index >= 15 is 0 Å². The van der Waals surface area contributed by atoms with Gasteiger partial charge in [-0.05, 0) is 70.5 Å². The Bertz CT molecular complexity index is 1250. The van der Waals surface area contributed by atoms with Crippen molar-refractivity contribution in [1.82, 2.24) is 25.2 Å². The first-order valence-corrected chi connectivity index (χ1v) is 12.5. The molecule has 9 nitrogen and oxygen atoms in total. The van der Waals surface area contributed by atoms with Crippen LogP contribution in [0.5, 0.6) is 0 Å². The number of carbonyl (C=O) groups is 1. The van der Waals surface area contributed by atoms with Gasteiger partial charge in [-0.1, -0.05) is 24.3 Å². The molecule has 1 fully saturated rings. The largest absolute Gasteiger partial charge is 0.384 e. The highest BCUT2D eigenvalue weighted by molar-refractivity contribution is 5.97. The molecule has 194 valence electrons. The molecule has 1 aliphatic rings. The highest BCUT2D eigenvalue weighted by Gasteiger charge is 2.31. The molecule has 2 heterocycles. The predicted octanol–water partition coefficient (Wildman–Crippen LogP) is 3.09. The topological polar surface area (TPSA) is 120 Å². The van der Waals surface area contributed by atoms with E-state index in [-0.39, 0.29) is 5.91 Å². The number of benzene rings is 1. The van der Waals surface area contributed by atoms with Gasteiger partial charge in [-0.2, -0.15) is 9.97 Å². The summed E-state index contributed by atoms with van der Waals surface area (Å²) in [6, 6.07) is 14.4. The number of nitrogens with zero attached hydrogens (tertiary/aromatic N) is 4. The summed E-state index contributed by atoms with van der Waals surface area (Å²) in [5.74, 6) is 1.65. The summed E-state index contributed by atoms with van der Waals surface area (Å²) in [4.78, 5) is 28.6. The quantitative estimate of drug-likeness (QED) is 0.315. The minimum absolute atomic E-state index is 0.308. The molecule has 37 heavy (non-hydrogen) atoms. The molecule has 0 spiro atoms. The molecule has 4 rings (SSSR count). The molecule has 0 unspecified atom stereocenters. The van der Waals surface area contributed by atoms with Crippen LogP contribution in [0.2, 0.25) is 0 Å². The Hall–Kier alpha value is -3.66. The van der Waals surface area contributed by atoms with Crippen LogP contribution in [0.3, 0.4) is 0 Å². The third-order valence-corrected chi connectivity index (χ3v) is 6.63. The van der Waals surface area contributed by atoms with Gasteiger partial charge in [0, 0.05) is 24.3 Å². The van der Waals surface area contributed by atoms with Crippen molar-refractivity contribution in [3.05, 3.63) is 78.1 Å². The lowest BCUT2D eigenvalue weighted by atomic mass is 9.75. The van der Waals surface area contributed by atoms with E-state index in [1.54, 1.807) is 37.4 Å². The van der Waals surface area contributed by atoms with Crippen LogP contribution in [0, 0.1) is 0 Å². The maximum Gasteiger partial charge on any atom is 0.261 e. The number of amides is 1. The second kappa shape index (κ2) is 11.2. The van der Waals surface area contributed by atoms with Gasteiger partial charge in [0.25, 0.3) is 5.91 Å². The van der Waals surface area contributed by atoms with E-state index in [0.29, 0.717) is 47.3 Å². The number of nitrogens with two attached hydrogens (primary N) is 1. The first kappa shape index (κ1) is 26.4. The van der Waals surface area contributed by atoms with Crippen LogP contribution < -0.4 is 16.0 Å². The van der Waals surface area contributed by atoms with Crippen molar-refractivity contribution in [2.45, 2.75) is 44.2 Å². The highest BCUT2D eigenvalue weighted by Crippen LogP contribution is 2.39. The van der Waals surface area contributed by atoms with E-state index < -0.39 is 5.60 Å². The van der Waals surface area contributed by atoms with E-state index in [0.717, 1.165) is 5.69 Å². The van der Waals surface area contributed by atoms with Crippen molar-refractivity contribution in [3.8, 4) is 0 Å². The van der Waals surface area contributed by atoms with E-state index in [4.69, 9.17) is 0 Å². The van der Waals surface area contributed by atoms with Crippen LogP contribution in [-0.2, 0) is 5.60 Å². The van der Waals surface area contributed by atoms with Crippen LogP contribution in [0.4, 0.5) is 23.3 Å². The zero-order valence-electron chi connectivity index (χ0n) is 21.9. The summed E-state index contributed by atoms with van der Waals surface area (Å²) in [5.41, 5.74) is 1.95. The lowest BCUT2D eigenvalue weighted by Crippen LogP contribution is -2.73. The van der Waals surface area contributed by atoms with Crippen LogP contribution in [-0.4, -0.2) is 57.5 Å². The third-order valence-electron chi connectivity index (χ3n) is 6.63. The molecule has 5 N–H and O–H groups in total. The fourth-order valence-electron chi connectivity index (χ4n) is 4.26. The Morgan fingerprint density at radius 1 is 1.19 bits per heavy atom. The highest BCUT2D eigenvalue weighted by atomic mass is 16.3. The average Bonchev–Trinajstić information content (AvgIpc) is 2.82. The Labute approximate surface area is 218 Å². The van der Waals surface area contributed by atoms with Gasteiger partial charge in [0.2, 0.25) is 17.6 Å². The molecule has 0 aliphatic heterocycles. The number of rotatable bonds is 10. The average molecular weight is 503 g/mol. The molecular formula is C28H36N7O2+. The lowest BCUT2D eigenvalue weighted by Gasteiger charge is -2.40. The van der Waals surface area contributed by atoms with Crippen LogP contribution in [0.1, 0.15) is 54.2 Å². The van der Waals surface area contributed by atoms with Gasteiger partial charge in [0.15, 0.2) is 0 Å². The molecule has 0 atom stereocenters. The fraction of sp³-hybridized carbons (Fsp3) is 0.357. The summed E-state index contributed by atoms with van der Waals surface area (Å²) in [6.45, 7) is 7.33. The molecule has 0 radical (unpaired) electrons. The minimum atomic E-state index is -1.09. The standard InChI is InChI=1S/C28H35N7O2/c1-6-14-29-26(36)22-17-30-27(34-25(22)33-24-9-7-8-23(32-24)28(2,3)37)31-20-12-10-18(11-13-20)19-15-21(16-19)35(4)5/h6-13,17,19,21,37H,1,14-16H2,2-5H3,(H,29,36)(H2,30,31,32,33,34)/p+1. The van der Waals surface area contributed by atoms with Gasteiger partial charge in [0.1, 0.15) is 11.2 Å². The van der Waals surface area contributed by atoms with Gasteiger partial charge in [0.05, 0.1) is 11.9 Å². The predicted molar refractivity (Wildman–Crippen MR) is 144 cm³/mol. The maximum absolute atomic E-state index is 12.8. The first-order valence-electron chi connectivity index (χ1n) is 12.5. The molecule has 0 saturated heterocycles. The first-order chi connectivity index (χ1) is 17.6. The summed E-state index contributed by atoms with van der Waals surface area (Å²) in [6.07, 6.45) is 5.48. The van der Waals surface area contributed by atoms with Crippen molar-refractivity contribution in [3.63, 3.8) is 0 Å². The van der Waals surface area contributed by atoms with Crippen molar-refractivity contribution in [2.75, 3.05) is 26.0 Å². The van der Waals surface area contributed by atoms with E-state index in [2.05, 4.69) is 63.3 Å². The number of hydrogen-bond acceptors (Lipinski definition) is 7. The Morgan fingerprint density at radius 2 is 1.92 bits per heavy atom. The number of anilines is 2. The van der Waals surface area contributed by atoms with E-state index in [9.17, 15) is 9.90 Å². The summed E-state index contributed by atoms with van der Waals surface area (Å²) in [7, 11) is 4.27. The third kappa shape index (κ3) is 6.56. The van der Waals surface area contributed by atoms with Crippen molar-refractivity contribution in [2.24, 2.45) is 0 Å². The van der Waals surface area contributed by atoms with Gasteiger partial charge in [-0.25, -0.2) is 10.3 Å². The lowest BCUT2D eigenvalue weighted by molar-refractivity contribution is -0.487. The van der Waals surface area contributed by atoms with Crippen LogP contribution in [0.25, 0.3) is 0 Å². The molecule has 3 aromatic rings. The number of aromatic nitrogens is 3. The summed E-state index contributed by atoms with van der Waals surface area (Å²) < 4.78 is 0. The molecule has 9 heteroatoms. The number of carbonyl (C=O) groups excluding carboxylic acids is 1. The zero-order chi connectivity index (χ0) is 26.6. The number of pyridine rings is 1. The SMILES string of the molecule is C=CCNC(=O)c1cnc(Nc2ccc(C3CC(N(C)C)C3)cc2)nc1[NH2+]c1cccc(C(C)(C)O)n1. The van der Waals surface area contributed by atoms with Crippen LogP contribution in [0.15, 0.2) is 61.3 Å². The molecule has 1 amide bonds. The smallest absolute Gasteiger partial charge is 0.261 e. The maximum atomic E-state index is 12.8. The number of nitrogens with one attached hydrogen (secondary N) is 2. The monoisotopic (exact) mass is 502 g/mol. The van der Waals surface area contributed by atoms with Crippen molar-refractivity contribution < 1.29 is 15.2 Å². The number of hydrogen-bond donors (Lipinski definition) is 4. The molecule has 1 aliphatic carbocycles. The number of quaternary nitrogens is 1. The Balaban J connectivity index is 1.54. The zero-order valence-corrected chi connectivity index (χ0v) is 21.9.